The molecule has 1 aromatic heterocycles. The molecule has 4 nitrogen and oxygen atoms in total. The zero-order valence-corrected chi connectivity index (χ0v) is 8.16. The number of rotatable bonds is 2. The number of thioether (sulfide) groups is 1. The second kappa shape index (κ2) is 3.51. The predicted molar refractivity (Wildman–Crippen MR) is 52.0 cm³/mol. The summed E-state index contributed by atoms with van der Waals surface area (Å²) in [6.07, 6.45) is 3.51. The Labute approximate surface area is 81.0 Å². The van der Waals surface area contributed by atoms with Crippen LogP contribution >= 0.6 is 11.8 Å². The first-order chi connectivity index (χ1) is 6.29. The van der Waals surface area contributed by atoms with E-state index in [9.17, 15) is 0 Å². The van der Waals surface area contributed by atoms with Gasteiger partial charge in [0.05, 0.1) is 6.10 Å². The van der Waals surface area contributed by atoms with Gasteiger partial charge in [-0.1, -0.05) is 11.8 Å². The van der Waals surface area contributed by atoms with Crippen molar-refractivity contribution in [2.45, 2.75) is 11.3 Å². The van der Waals surface area contributed by atoms with E-state index in [-0.39, 0.29) is 6.10 Å². The van der Waals surface area contributed by atoms with Gasteiger partial charge in [-0.3, -0.25) is 0 Å². The van der Waals surface area contributed by atoms with Gasteiger partial charge in [0, 0.05) is 19.3 Å². The monoisotopic (exact) mass is 197 g/mol. The molecule has 1 aliphatic heterocycles. The van der Waals surface area contributed by atoms with Crippen molar-refractivity contribution < 1.29 is 5.11 Å². The minimum absolute atomic E-state index is 0.187. The molecule has 2 rings (SSSR count). The fourth-order valence-corrected chi connectivity index (χ4v) is 1.60. The molecule has 2 heterocycles. The van der Waals surface area contributed by atoms with Crippen molar-refractivity contribution in [1.29, 1.82) is 0 Å². The van der Waals surface area contributed by atoms with E-state index in [1.165, 1.54) is 11.8 Å². The molecule has 1 N–H and O–H groups in total. The molecule has 0 aliphatic carbocycles. The van der Waals surface area contributed by atoms with Crippen molar-refractivity contribution in [1.82, 2.24) is 9.97 Å². The summed E-state index contributed by atoms with van der Waals surface area (Å²) in [7, 11) is 0. The lowest BCUT2D eigenvalue weighted by Crippen LogP contribution is -2.51. The van der Waals surface area contributed by atoms with Crippen LogP contribution in [0.3, 0.4) is 0 Å². The standard InChI is InChI=1S/C8H11N3OS/c1-13-8-9-3-2-7(10-8)11-4-6(12)5-11/h2-3,6,12H,4-5H2,1H3. The van der Waals surface area contributed by atoms with Crippen molar-refractivity contribution in [3.8, 4) is 0 Å². The molecule has 13 heavy (non-hydrogen) atoms. The van der Waals surface area contributed by atoms with Crippen LogP contribution in [0.1, 0.15) is 0 Å². The molecule has 5 heteroatoms. The highest BCUT2D eigenvalue weighted by molar-refractivity contribution is 7.98. The van der Waals surface area contributed by atoms with E-state index in [0.29, 0.717) is 13.1 Å². The van der Waals surface area contributed by atoms with Crippen LogP contribution in [0.25, 0.3) is 0 Å². The molecule has 0 atom stereocenters. The van der Waals surface area contributed by atoms with E-state index >= 15 is 0 Å². The zero-order valence-electron chi connectivity index (χ0n) is 7.34. The van der Waals surface area contributed by atoms with Gasteiger partial charge in [-0.15, -0.1) is 0 Å². The second-order valence-corrected chi connectivity index (χ2v) is 3.73. The minimum Gasteiger partial charge on any atom is -0.389 e. The van der Waals surface area contributed by atoms with Gasteiger partial charge in [0.1, 0.15) is 5.82 Å². The van der Waals surface area contributed by atoms with E-state index in [1.807, 2.05) is 17.2 Å². The van der Waals surface area contributed by atoms with Crippen molar-refractivity contribution in [3.05, 3.63) is 12.3 Å². The summed E-state index contributed by atoms with van der Waals surface area (Å²) in [5.74, 6) is 0.907. The second-order valence-electron chi connectivity index (χ2n) is 2.96. The lowest BCUT2D eigenvalue weighted by atomic mass is 10.2. The lowest BCUT2D eigenvalue weighted by Gasteiger charge is -2.36. The zero-order chi connectivity index (χ0) is 9.26. The molecule has 1 fully saturated rings. The Balaban J connectivity index is 2.12. The Morgan fingerprint density at radius 3 is 3.00 bits per heavy atom. The molecule has 1 saturated heterocycles. The summed E-state index contributed by atoms with van der Waals surface area (Å²) >= 11 is 1.52. The number of hydrogen-bond acceptors (Lipinski definition) is 5. The van der Waals surface area contributed by atoms with Crippen LogP contribution in [0.5, 0.6) is 0 Å². The summed E-state index contributed by atoms with van der Waals surface area (Å²) in [4.78, 5) is 10.4. The molecule has 0 radical (unpaired) electrons. The Kier molecular flexibility index (Phi) is 2.37. The summed E-state index contributed by atoms with van der Waals surface area (Å²) in [6.45, 7) is 1.37. The normalized spacial score (nSPS) is 17.2. The highest BCUT2D eigenvalue weighted by Gasteiger charge is 2.25. The number of β-amino-alcohol motifs (C(OH)–C–C–N with tert-alkyl or cyclic N) is 1. The number of aliphatic hydroxyl groups excluding tert-OH is 1. The first-order valence-corrected chi connectivity index (χ1v) is 5.32. The van der Waals surface area contributed by atoms with Crippen molar-refractivity contribution in [2.24, 2.45) is 0 Å². The molecule has 0 amide bonds. The highest BCUT2D eigenvalue weighted by atomic mass is 32.2. The van der Waals surface area contributed by atoms with E-state index in [0.717, 1.165) is 11.0 Å². The first kappa shape index (κ1) is 8.77. The summed E-state index contributed by atoms with van der Waals surface area (Å²) in [5.41, 5.74) is 0. The van der Waals surface area contributed by atoms with Crippen molar-refractivity contribution in [3.63, 3.8) is 0 Å². The highest BCUT2D eigenvalue weighted by Crippen LogP contribution is 2.19. The topological polar surface area (TPSA) is 49.2 Å². The Bertz CT molecular complexity index is 301. The van der Waals surface area contributed by atoms with Gasteiger partial charge in [-0.2, -0.15) is 0 Å². The average Bonchev–Trinajstić information content (AvgIpc) is 2.13. The number of hydrogen-bond donors (Lipinski definition) is 1. The quantitative estimate of drug-likeness (QED) is 0.548. The molecular weight excluding hydrogens is 186 g/mol. The first-order valence-electron chi connectivity index (χ1n) is 4.09. The molecule has 70 valence electrons. The Morgan fingerprint density at radius 2 is 2.38 bits per heavy atom. The third-order valence-electron chi connectivity index (χ3n) is 1.99. The van der Waals surface area contributed by atoms with Gasteiger partial charge in [0.25, 0.3) is 0 Å². The van der Waals surface area contributed by atoms with Crippen molar-refractivity contribution in [2.75, 3.05) is 24.2 Å². The third-order valence-corrected chi connectivity index (χ3v) is 2.55. The van der Waals surface area contributed by atoms with Crippen LogP contribution in [-0.4, -0.2) is 40.5 Å². The van der Waals surface area contributed by atoms with Gasteiger partial charge in [-0.25, -0.2) is 9.97 Å². The van der Waals surface area contributed by atoms with Crippen LogP contribution in [-0.2, 0) is 0 Å². The molecule has 1 aliphatic rings. The lowest BCUT2D eigenvalue weighted by molar-refractivity contribution is 0.141. The van der Waals surface area contributed by atoms with Crippen LogP contribution in [0, 0.1) is 0 Å². The van der Waals surface area contributed by atoms with Crippen LogP contribution in [0.2, 0.25) is 0 Å². The van der Waals surface area contributed by atoms with Gasteiger partial charge < -0.3 is 10.0 Å². The number of aromatic nitrogens is 2. The van der Waals surface area contributed by atoms with Gasteiger partial charge >= 0.3 is 0 Å². The molecule has 0 bridgehead atoms. The molecule has 0 aromatic carbocycles. The van der Waals surface area contributed by atoms with E-state index in [2.05, 4.69) is 9.97 Å². The predicted octanol–water partition coefficient (Wildman–Crippen LogP) is 0.379. The summed E-state index contributed by atoms with van der Waals surface area (Å²) < 4.78 is 0. The smallest absolute Gasteiger partial charge is 0.189 e. The summed E-state index contributed by atoms with van der Waals surface area (Å²) in [5, 5.41) is 9.89. The maximum Gasteiger partial charge on any atom is 0.189 e. The van der Waals surface area contributed by atoms with Crippen LogP contribution < -0.4 is 4.90 Å². The average molecular weight is 197 g/mol. The molecule has 0 saturated carbocycles. The van der Waals surface area contributed by atoms with Gasteiger partial charge in [0.15, 0.2) is 5.16 Å². The number of aliphatic hydroxyl groups is 1. The molecule has 0 spiro atoms. The van der Waals surface area contributed by atoms with E-state index in [1.54, 1.807) is 6.20 Å². The van der Waals surface area contributed by atoms with Gasteiger partial charge in [-0.05, 0) is 12.3 Å². The van der Waals surface area contributed by atoms with Gasteiger partial charge in [0.2, 0.25) is 0 Å². The Hall–Kier alpha value is -0.810. The molecular formula is C8H11N3OS. The molecule has 1 aromatic rings. The number of anilines is 1. The van der Waals surface area contributed by atoms with E-state index < -0.39 is 0 Å². The Morgan fingerprint density at radius 1 is 1.62 bits per heavy atom. The SMILES string of the molecule is CSc1nccc(N2CC(O)C2)n1. The molecule has 0 unspecified atom stereocenters. The van der Waals surface area contributed by atoms with E-state index in [4.69, 9.17) is 5.11 Å². The summed E-state index contributed by atoms with van der Waals surface area (Å²) in [6, 6.07) is 1.87. The minimum atomic E-state index is -0.187. The third kappa shape index (κ3) is 1.76. The van der Waals surface area contributed by atoms with Crippen LogP contribution in [0.4, 0.5) is 5.82 Å². The number of nitrogens with zero attached hydrogens (tertiary/aromatic N) is 3. The maximum atomic E-state index is 9.12. The van der Waals surface area contributed by atoms with Crippen molar-refractivity contribution >= 4 is 17.6 Å². The largest absolute Gasteiger partial charge is 0.389 e. The fraction of sp³-hybridized carbons (Fsp3) is 0.500. The maximum absolute atomic E-state index is 9.12. The van der Waals surface area contributed by atoms with Crippen LogP contribution in [0.15, 0.2) is 17.4 Å². The fourth-order valence-electron chi connectivity index (χ4n) is 1.25.